The fraction of sp³-hybridized carbons (Fsp3) is 0.263. The molecule has 5 heteroatoms. The molecule has 1 aliphatic carbocycles. The van der Waals surface area contributed by atoms with Crippen molar-refractivity contribution in [2.24, 2.45) is 7.05 Å². The first kappa shape index (κ1) is 14.8. The summed E-state index contributed by atoms with van der Waals surface area (Å²) >= 11 is 0. The van der Waals surface area contributed by atoms with Gasteiger partial charge in [-0.3, -0.25) is 9.59 Å². The Labute approximate surface area is 139 Å². The van der Waals surface area contributed by atoms with Crippen LogP contribution < -0.4 is 10.9 Å². The van der Waals surface area contributed by atoms with Gasteiger partial charge in [-0.2, -0.15) is 0 Å². The molecule has 0 radical (unpaired) electrons. The number of pyridine rings is 1. The maximum Gasteiger partial charge on any atom is 0.268 e. The number of benzene rings is 1. The van der Waals surface area contributed by atoms with Gasteiger partial charge in [-0.15, -0.1) is 0 Å². The van der Waals surface area contributed by atoms with Crippen LogP contribution in [0.2, 0.25) is 0 Å². The van der Waals surface area contributed by atoms with E-state index in [0.29, 0.717) is 5.69 Å². The number of para-hydroxylation sites is 1. The maximum absolute atomic E-state index is 12.8. The van der Waals surface area contributed by atoms with Gasteiger partial charge in [0.25, 0.3) is 5.91 Å². The zero-order valence-electron chi connectivity index (χ0n) is 13.5. The van der Waals surface area contributed by atoms with Crippen molar-refractivity contribution in [1.82, 2.24) is 14.9 Å². The first-order valence-electron chi connectivity index (χ1n) is 8.21. The average molecular weight is 321 g/mol. The van der Waals surface area contributed by atoms with Crippen molar-refractivity contribution in [2.75, 3.05) is 0 Å². The van der Waals surface area contributed by atoms with Crippen LogP contribution in [0, 0.1) is 0 Å². The van der Waals surface area contributed by atoms with Crippen molar-refractivity contribution in [3.05, 3.63) is 69.8 Å². The van der Waals surface area contributed by atoms with Crippen LogP contribution in [0.5, 0.6) is 0 Å². The molecule has 2 aromatic heterocycles. The molecule has 0 bridgehead atoms. The number of carbonyl (C=O) groups is 1. The summed E-state index contributed by atoms with van der Waals surface area (Å²) in [7, 11) is 1.91. The third kappa shape index (κ3) is 2.42. The molecule has 1 aromatic carbocycles. The van der Waals surface area contributed by atoms with Crippen LogP contribution >= 0.6 is 0 Å². The van der Waals surface area contributed by atoms with Crippen LogP contribution in [0.15, 0.2) is 47.3 Å². The van der Waals surface area contributed by atoms with Gasteiger partial charge in [0.1, 0.15) is 5.69 Å². The van der Waals surface area contributed by atoms with Crippen LogP contribution in [-0.4, -0.2) is 15.5 Å². The van der Waals surface area contributed by atoms with Crippen molar-refractivity contribution in [3.8, 4) is 0 Å². The molecule has 122 valence electrons. The van der Waals surface area contributed by atoms with Gasteiger partial charge < -0.3 is 14.9 Å². The van der Waals surface area contributed by atoms with E-state index >= 15 is 0 Å². The quantitative estimate of drug-likeness (QED) is 0.762. The number of aryl methyl sites for hydroxylation is 2. The average Bonchev–Trinajstić information content (AvgIpc) is 2.92. The summed E-state index contributed by atoms with van der Waals surface area (Å²) in [6.07, 6.45) is 2.69. The lowest BCUT2D eigenvalue weighted by Crippen LogP contribution is -2.33. The number of nitrogens with zero attached hydrogens (tertiary/aromatic N) is 1. The topological polar surface area (TPSA) is 66.9 Å². The smallest absolute Gasteiger partial charge is 0.268 e. The Morgan fingerprint density at radius 1 is 1.25 bits per heavy atom. The highest BCUT2D eigenvalue weighted by molar-refractivity contribution is 5.98. The Bertz CT molecular complexity index is 984. The van der Waals surface area contributed by atoms with E-state index in [1.807, 2.05) is 48.0 Å². The molecule has 2 heterocycles. The molecule has 0 unspecified atom stereocenters. The molecule has 24 heavy (non-hydrogen) atoms. The van der Waals surface area contributed by atoms with Crippen molar-refractivity contribution in [3.63, 3.8) is 0 Å². The first-order chi connectivity index (χ1) is 11.6. The third-order valence-electron chi connectivity index (χ3n) is 4.82. The van der Waals surface area contributed by atoms with Gasteiger partial charge in [0.2, 0.25) is 5.56 Å². The Morgan fingerprint density at radius 2 is 2.08 bits per heavy atom. The highest BCUT2D eigenvalue weighted by Crippen LogP contribution is 2.28. The minimum atomic E-state index is -0.0885. The van der Waals surface area contributed by atoms with Gasteiger partial charge >= 0.3 is 0 Å². The van der Waals surface area contributed by atoms with Crippen LogP contribution in [0.4, 0.5) is 0 Å². The fourth-order valence-corrected chi connectivity index (χ4v) is 3.59. The molecule has 1 atom stereocenters. The molecule has 5 nitrogen and oxygen atoms in total. The number of rotatable bonds is 2. The number of aromatic nitrogens is 2. The summed E-state index contributed by atoms with van der Waals surface area (Å²) < 4.78 is 1.92. The Morgan fingerprint density at radius 3 is 2.92 bits per heavy atom. The van der Waals surface area contributed by atoms with E-state index in [4.69, 9.17) is 0 Å². The van der Waals surface area contributed by atoms with Gasteiger partial charge in [-0.25, -0.2) is 0 Å². The molecule has 2 N–H and O–H groups in total. The number of carbonyl (C=O) groups excluding carboxylic acids is 1. The molecule has 0 aliphatic heterocycles. The molecule has 3 aromatic rings. The Hall–Kier alpha value is -2.82. The zero-order chi connectivity index (χ0) is 16.7. The summed E-state index contributed by atoms with van der Waals surface area (Å²) in [4.78, 5) is 27.2. The molecule has 1 amide bonds. The van der Waals surface area contributed by atoms with E-state index in [1.165, 1.54) is 6.07 Å². The fourth-order valence-electron chi connectivity index (χ4n) is 3.59. The van der Waals surface area contributed by atoms with E-state index < -0.39 is 0 Å². The SMILES string of the molecule is Cn1c(C(=O)N[C@@H]2CCCc3[nH]c(=O)ccc32)cc2ccccc21. The number of H-pyrrole nitrogens is 1. The third-order valence-corrected chi connectivity index (χ3v) is 4.82. The summed E-state index contributed by atoms with van der Waals surface area (Å²) in [5.41, 5.74) is 3.56. The summed E-state index contributed by atoms with van der Waals surface area (Å²) in [6, 6.07) is 13.2. The van der Waals surface area contributed by atoms with E-state index in [-0.39, 0.29) is 17.5 Å². The largest absolute Gasteiger partial charge is 0.344 e. The number of hydrogen-bond donors (Lipinski definition) is 2. The van der Waals surface area contributed by atoms with Gasteiger partial charge in [-0.05, 0) is 43.0 Å². The molecule has 0 fully saturated rings. The lowest BCUT2D eigenvalue weighted by molar-refractivity contribution is 0.0924. The van der Waals surface area contributed by atoms with E-state index in [1.54, 1.807) is 0 Å². The normalized spacial score (nSPS) is 16.8. The van der Waals surface area contributed by atoms with Crippen LogP contribution in [0.25, 0.3) is 10.9 Å². The van der Waals surface area contributed by atoms with Crippen molar-refractivity contribution in [2.45, 2.75) is 25.3 Å². The van der Waals surface area contributed by atoms with E-state index in [0.717, 1.165) is 41.4 Å². The van der Waals surface area contributed by atoms with Crippen LogP contribution in [0.3, 0.4) is 0 Å². The van der Waals surface area contributed by atoms with E-state index in [9.17, 15) is 9.59 Å². The molecule has 1 aliphatic rings. The predicted molar refractivity (Wildman–Crippen MR) is 93.1 cm³/mol. The minimum Gasteiger partial charge on any atom is -0.344 e. The molecular weight excluding hydrogens is 302 g/mol. The highest BCUT2D eigenvalue weighted by atomic mass is 16.2. The second-order valence-corrected chi connectivity index (χ2v) is 6.32. The molecule has 4 rings (SSSR count). The monoisotopic (exact) mass is 321 g/mol. The van der Waals surface area contributed by atoms with E-state index in [2.05, 4.69) is 10.3 Å². The Balaban J connectivity index is 1.65. The van der Waals surface area contributed by atoms with Crippen LogP contribution in [0.1, 0.15) is 40.6 Å². The number of hydrogen-bond acceptors (Lipinski definition) is 2. The van der Waals surface area contributed by atoms with Gasteiger partial charge in [-0.1, -0.05) is 18.2 Å². The number of nitrogens with one attached hydrogen (secondary N) is 2. The number of fused-ring (bicyclic) bond motifs is 2. The maximum atomic E-state index is 12.8. The molecule has 0 spiro atoms. The second-order valence-electron chi connectivity index (χ2n) is 6.32. The summed E-state index contributed by atoms with van der Waals surface area (Å²) in [5, 5.41) is 4.18. The minimum absolute atomic E-state index is 0.0592. The van der Waals surface area contributed by atoms with Gasteiger partial charge in [0.15, 0.2) is 0 Å². The summed E-state index contributed by atoms with van der Waals surface area (Å²) in [6.45, 7) is 0. The second kappa shape index (κ2) is 5.67. The van der Waals surface area contributed by atoms with Crippen molar-refractivity contribution in [1.29, 1.82) is 0 Å². The molecule has 0 saturated carbocycles. The van der Waals surface area contributed by atoms with Crippen LogP contribution in [-0.2, 0) is 13.5 Å². The molecule has 0 saturated heterocycles. The first-order valence-corrected chi connectivity index (χ1v) is 8.21. The summed E-state index contributed by atoms with van der Waals surface area (Å²) in [5.74, 6) is -0.0854. The van der Waals surface area contributed by atoms with Crippen molar-refractivity contribution < 1.29 is 4.79 Å². The number of amides is 1. The zero-order valence-corrected chi connectivity index (χ0v) is 13.5. The molecular formula is C19H19N3O2. The predicted octanol–water partition coefficient (Wildman–Crippen LogP) is 2.67. The lowest BCUT2D eigenvalue weighted by Gasteiger charge is -2.26. The van der Waals surface area contributed by atoms with Crippen molar-refractivity contribution >= 4 is 16.8 Å². The van der Waals surface area contributed by atoms with Gasteiger partial charge in [0, 0.05) is 29.7 Å². The standard InChI is InChI=1S/C19H19N3O2/c1-22-16-8-3-2-5-12(16)11-17(22)19(24)21-15-7-4-6-14-13(15)9-10-18(23)20-14/h2-3,5,8-11,15H,4,6-7H2,1H3,(H,20,23)(H,21,24)/t15-/m1/s1. The highest BCUT2D eigenvalue weighted by Gasteiger charge is 2.24. The Kier molecular flexibility index (Phi) is 3.49. The lowest BCUT2D eigenvalue weighted by atomic mass is 9.91. The number of aromatic amines is 1. The van der Waals surface area contributed by atoms with Gasteiger partial charge in [0.05, 0.1) is 6.04 Å².